The monoisotopic (exact) mass is 319 g/mol. The van der Waals surface area contributed by atoms with Gasteiger partial charge in [0.25, 0.3) is 0 Å². The lowest BCUT2D eigenvalue weighted by atomic mass is 10.0. The number of carboxylic acid groups (broad SMARTS) is 1. The molecule has 1 aromatic heterocycles. The van der Waals surface area contributed by atoms with Gasteiger partial charge in [-0.1, -0.05) is 17.7 Å². The standard InChI is InChI=1S/C16H18ClN3O2/c1-8-3-6-12(9(2)13(8)16(21)22)18-7-11-14(10-4-5-10)19-20-15(11)17/h3,6,10,18H,4-5,7H2,1-2H3,(H,19,20)(H,21,22). The minimum Gasteiger partial charge on any atom is -0.478 e. The van der Waals surface area contributed by atoms with Crippen molar-refractivity contribution in [3.63, 3.8) is 0 Å². The Hall–Kier alpha value is -2.01. The molecule has 3 N–H and O–H groups in total. The average molecular weight is 320 g/mol. The van der Waals surface area contributed by atoms with E-state index in [2.05, 4.69) is 15.5 Å². The molecule has 0 radical (unpaired) electrons. The number of nitrogens with zero attached hydrogens (tertiary/aromatic N) is 1. The van der Waals surface area contributed by atoms with Crippen molar-refractivity contribution in [1.29, 1.82) is 0 Å². The number of benzene rings is 1. The van der Waals surface area contributed by atoms with Crippen LogP contribution in [0, 0.1) is 13.8 Å². The molecule has 2 aromatic rings. The molecule has 3 rings (SSSR count). The molecule has 1 aliphatic carbocycles. The van der Waals surface area contributed by atoms with Crippen LogP contribution in [0.2, 0.25) is 5.15 Å². The molecule has 0 bridgehead atoms. The summed E-state index contributed by atoms with van der Waals surface area (Å²) in [6, 6.07) is 3.72. The lowest BCUT2D eigenvalue weighted by Crippen LogP contribution is -2.08. The van der Waals surface area contributed by atoms with Crippen molar-refractivity contribution in [3.05, 3.63) is 45.2 Å². The SMILES string of the molecule is Cc1ccc(NCc2c(Cl)n[nH]c2C2CC2)c(C)c1C(=O)O. The summed E-state index contributed by atoms with van der Waals surface area (Å²) in [5.74, 6) is -0.371. The number of anilines is 1. The quantitative estimate of drug-likeness (QED) is 0.781. The fourth-order valence-corrected chi connectivity index (χ4v) is 3.00. The second-order valence-corrected chi connectivity index (χ2v) is 6.13. The molecule has 1 aromatic carbocycles. The molecule has 1 heterocycles. The third kappa shape index (κ3) is 2.68. The van der Waals surface area contributed by atoms with Crippen molar-refractivity contribution in [3.8, 4) is 0 Å². The average Bonchev–Trinajstić information content (AvgIpc) is 3.23. The Bertz CT molecular complexity index is 735. The van der Waals surface area contributed by atoms with Crippen LogP contribution in [0.3, 0.4) is 0 Å². The van der Waals surface area contributed by atoms with E-state index in [-0.39, 0.29) is 0 Å². The molecule has 5 nitrogen and oxygen atoms in total. The van der Waals surface area contributed by atoms with Crippen molar-refractivity contribution < 1.29 is 9.90 Å². The van der Waals surface area contributed by atoms with Crippen molar-refractivity contribution in [2.24, 2.45) is 0 Å². The zero-order chi connectivity index (χ0) is 15.9. The number of aromatic carboxylic acids is 1. The molecule has 0 amide bonds. The maximum Gasteiger partial charge on any atom is 0.336 e. The van der Waals surface area contributed by atoms with Crippen LogP contribution in [0.4, 0.5) is 5.69 Å². The number of hydrogen-bond acceptors (Lipinski definition) is 3. The van der Waals surface area contributed by atoms with Gasteiger partial charge in [-0.3, -0.25) is 5.10 Å². The van der Waals surface area contributed by atoms with E-state index in [1.54, 1.807) is 6.92 Å². The summed E-state index contributed by atoms with van der Waals surface area (Å²) >= 11 is 6.15. The lowest BCUT2D eigenvalue weighted by Gasteiger charge is -2.13. The Morgan fingerprint density at radius 2 is 2.18 bits per heavy atom. The number of H-pyrrole nitrogens is 1. The molecule has 1 fully saturated rings. The van der Waals surface area contributed by atoms with E-state index >= 15 is 0 Å². The minimum absolute atomic E-state index is 0.353. The van der Waals surface area contributed by atoms with Gasteiger partial charge in [-0.2, -0.15) is 5.10 Å². The van der Waals surface area contributed by atoms with Gasteiger partial charge >= 0.3 is 5.97 Å². The van der Waals surface area contributed by atoms with E-state index in [0.717, 1.165) is 40.9 Å². The number of aryl methyl sites for hydroxylation is 1. The van der Waals surface area contributed by atoms with Gasteiger partial charge in [-0.15, -0.1) is 0 Å². The molecular weight excluding hydrogens is 302 g/mol. The number of aromatic nitrogens is 2. The van der Waals surface area contributed by atoms with Crippen LogP contribution in [0.1, 0.15) is 51.5 Å². The number of halogens is 1. The predicted molar refractivity (Wildman–Crippen MR) is 85.8 cm³/mol. The van der Waals surface area contributed by atoms with E-state index in [1.165, 1.54) is 0 Å². The van der Waals surface area contributed by atoms with Crippen molar-refractivity contribution in [2.45, 2.75) is 39.2 Å². The largest absolute Gasteiger partial charge is 0.478 e. The lowest BCUT2D eigenvalue weighted by molar-refractivity contribution is 0.0695. The number of aromatic amines is 1. The van der Waals surface area contributed by atoms with Gasteiger partial charge in [0.15, 0.2) is 5.15 Å². The van der Waals surface area contributed by atoms with Crippen LogP contribution >= 0.6 is 11.6 Å². The third-order valence-corrected chi connectivity index (χ3v) is 4.49. The molecule has 0 saturated heterocycles. The summed E-state index contributed by atoms with van der Waals surface area (Å²) in [7, 11) is 0. The van der Waals surface area contributed by atoms with Crippen molar-refractivity contribution in [1.82, 2.24) is 10.2 Å². The topological polar surface area (TPSA) is 78.0 Å². The Morgan fingerprint density at radius 1 is 1.45 bits per heavy atom. The zero-order valence-electron chi connectivity index (χ0n) is 12.5. The van der Waals surface area contributed by atoms with Crippen LogP contribution in [-0.4, -0.2) is 21.3 Å². The highest BCUT2D eigenvalue weighted by molar-refractivity contribution is 6.30. The summed E-state index contributed by atoms with van der Waals surface area (Å²) in [6.45, 7) is 4.15. The van der Waals surface area contributed by atoms with E-state index < -0.39 is 5.97 Å². The van der Waals surface area contributed by atoms with Gasteiger partial charge in [0.2, 0.25) is 0 Å². The smallest absolute Gasteiger partial charge is 0.336 e. The van der Waals surface area contributed by atoms with Gasteiger partial charge in [0, 0.05) is 29.4 Å². The molecule has 22 heavy (non-hydrogen) atoms. The molecule has 116 valence electrons. The third-order valence-electron chi connectivity index (χ3n) is 4.18. The van der Waals surface area contributed by atoms with Crippen LogP contribution in [-0.2, 0) is 6.54 Å². The van der Waals surface area contributed by atoms with Gasteiger partial charge in [-0.25, -0.2) is 4.79 Å². The van der Waals surface area contributed by atoms with E-state index in [0.29, 0.717) is 23.2 Å². The highest BCUT2D eigenvalue weighted by Gasteiger charge is 2.29. The summed E-state index contributed by atoms with van der Waals surface area (Å²) in [6.07, 6.45) is 2.33. The summed E-state index contributed by atoms with van der Waals surface area (Å²) < 4.78 is 0. The number of rotatable bonds is 5. The maximum atomic E-state index is 11.4. The van der Waals surface area contributed by atoms with E-state index in [9.17, 15) is 9.90 Å². The first-order chi connectivity index (χ1) is 10.5. The van der Waals surface area contributed by atoms with Crippen LogP contribution in [0.25, 0.3) is 0 Å². The van der Waals surface area contributed by atoms with Crippen LogP contribution in [0.15, 0.2) is 12.1 Å². The maximum absolute atomic E-state index is 11.4. The first-order valence-electron chi connectivity index (χ1n) is 7.29. The summed E-state index contributed by atoms with van der Waals surface area (Å²) in [5, 5.41) is 20.2. The first-order valence-corrected chi connectivity index (χ1v) is 7.66. The van der Waals surface area contributed by atoms with Crippen LogP contribution in [0.5, 0.6) is 0 Å². The molecule has 0 aliphatic heterocycles. The Balaban J connectivity index is 1.84. The fourth-order valence-electron chi connectivity index (χ4n) is 2.78. The Morgan fingerprint density at radius 3 is 2.82 bits per heavy atom. The number of carboxylic acids is 1. The first kappa shape index (κ1) is 14.9. The Labute approximate surface area is 133 Å². The van der Waals surface area contributed by atoms with Crippen molar-refractivity contribution >= 4 is 23.3 Å². The fraction of sp³-hybridized carbons (Fsp3) is 0.375. The van der Waals surface area contributed by atoms with Gasteiger partial charge < -0.3 is 10.4 Å². The summed E-state index contributed by atoms with van der Waals surface area (Å²) in [5.41, 5.74) is 4.73. The number of nitrogens with one attached hydrogen (secondary N) is 2. The summed E-state index contributed by atoms with van der Waals surface area (Å²) in [4.78, 5) is 11.4. The van der Waals surface area contributed by atoms with E-state index in [4.69, 9.17) is 11.6 Å². The number of hydrogen-bond donors (Lipinski definition) is 3. The highest BCUT2D eigenvalue weighted by atomic mass is 35.5. The van der Waals surface area contributed by atoms with Gasteiger partial charge in [0.1, 0.15) is 0 Å². The minimum atomic E-state index is -0.904. The second kappa shape index (κ2) is 5.65. The molecule has 0 spiro atoms. The zero-order valence-corrected chi connectivity index (χ0v) is 13.3. The van der Waals surface area contributed by atoms with E-state index in [1.807, 2.05) is 19.1 Å². The highest BCUT2D eigenvalue weighted by Crippen LogP contribution is 2.42. The molecular formula is C16H18ClN3O2. The normalized spacial score (nSPS) is 14.1. The molecule has 1 saturated carbocycles. The molecule has 0 atom stereocenters. The molecule has 6 heteroatoms. The number of carbonyl (C=O) groups is 1. The predicted octanol–water partition coefficient (Wildman–Crippen LogP) is 3.87. The van der Waals surface area contributed by atoms with Crippen LogP contribution < -0.4 is 5.32 Å². The second-order valence-electron chi connectivity index (χ2n) is 5.77. The van der Waals surface area contributed by atoms with Gasteiger partial charge in [0.05, 0.1) is 5.56 Å². The Kier molecular flexibility index (Phi) is 3.83. The molecule has 1 aliphatic rings. The molecule has 0 unspecified atom stereocenters. The van der Waals surface area contributed by atoms with Crippen molar-refractivity contribution in [2.75, 3.05) is 5.32 Å². The van der Waals surface area contributed by atoms with Gasteiger partial charge in [-0.05, 0) is 43.9 Å².